The molecule has 0 saturated carbocycles. The maximum atomic E-state index is 3.66. The number of benzene rings is 1. The molecule has 1 aliphatic carbocycles. The van der Waals surface area contributed by atoms with E-state index in [1.807, 2.05) is 0 Å². The zero-order valence-electron chi connectivity index (χ0n) is 14.2. The molecule has 1 aromatic rings. The molecule has 1 atom stereocenters. The molecule has 1 N–H and O–H groups in total. The largest absolute Gasteiger partial charge is 0.310 e. The highest BCUT2D eigenvalue weighted by atomic mass is 14.9. The first-order valence-corrected chi connectivity index (χ1v) is 8.25. The Morgan fingerprint density at radius 1 is 1.10 bits per heavy atom. The number of nitrogens with one attached hydrogen (secondary N) is 1. The average Bonchev–Trinajstić information content (AvgIpc) is 2.75. The molecule has 1 nitrogen and oxygen atoms in total. The monoisotopic (exact) mass is 283 g/mol. The van der Waals surface area contributed by atoms with E-state index in [-0.39, 0.29) is 0 Å². The van der Waals surface area contributed by atoms with Gasteiger partial charge in [-0.2, -0.15) is 0 Å². The molecule has 1 heteroatoms. The van der Waals surface area contributed by atoms with Crippen molar-refractivity contribution in [2.24, 2.45) is 0 Å². The minimum Gasteiger partial charge on any atom is -0.310 e. The van der Waals surface area contributed by atoms with Gasteiger partial charge in [0.25, 0.3) is 0 Å². The van der Waals surface area contributed by atoms with E-state index in [4.69, 9.17) is 0 Å². The molecule has 0 fully saturated rings. The minimum absolute atomic E-state index is 0.411. The molecule has 0 aliphatic heterocycles. The zero-order valence-corrected chi connectivity index (χ0v) is 14.2. The first-order chi connectivity index (χ1) is 10.1. The Labute approximate surface area is 130 Å². The summed E-state index contributed by atoms with van der Waals surface area (Å²) in [4.78, 5) is 0. The Morgan fingerprint density at radius 3 is 2.43 bits per heavy atom. The van der Waals surface area contributed by atoms with Crippen LogP contribution in [-0.4, -0.2) is 6.54 Å². The summed E-state index contributed by atoms with van der Waals surface area (Å²) in [7, 11) is 0. The van der Waals surface area contributed by atoms with Crippen LogP contribution in [0.5, 0.6) is 0 Å². The zero-order chi connectivity index (χ0) is 15.4. The van der Waals surface area contributed by atoms with Gasteiger partial charge >= 0.3 is 0 Å². The standard InChI is InChI=1S/C20H29N/c1-6-7-12-21-17(5)18-10-8-9-11-19(18)20-13-14(2)15(3)16(20)4/h8-11,17,21H,6-7,12-13H2,1-5H3. The SMILES string of the molecule is CCCCNC(C)c1ccccc1C1=C(C)C(C)=C(C)C1. The molecule has 0 radical (unpaired) electrons. The number of rotatable bonds is 6. The fourth-order valence-electron chi connectivity index (χ4n) is 3.13. The second-order valence-electron chi connectivity index (χ2n) is 6.30. The molecule has 0 saturated heterocycles. The van der Waals surface area contributed by atoms with Gasteiger partial charge in [-0.15, -0.1) is 0 Å². The van der Waals surface area contributed by atoms with Crippen LogP contribution in [0.3, 0.4) is 0 Å². The fourth-order valence-corrected chi connectivity index (χ4v) is 3.13. The summed E-state index contributed by atoms with van der Waals surface area (Å²) in [6, 6.07) is 9.31. The smallest absolute Gasteiger partial charge is 0.0297 e. The lowest BCUT2D eigenvalue weighted by molar-refractivity contribution is 0.553. The fraction of sp³-hybridized carbons (Fsp3) is 0.500. The van der Waals surface area contributed by atoms with Crippen LogP contribution in [0.2, 0.25) is 0 Å². The lowest BCUT2D eigenvalue weighted by Crippen LogP contribution is -2.20. The summed E-state index contributed by atoms with van der Waals surface area (Å²) >= 11 is 0. The van der Waals surface area contributed by atoms with Crippen LogP contribution in [0.15, 0.2) is 41.0 Å². The Hall–Kier alpha value is -1.34. The molecular weight excluding hydrogens is 254 g/mol. The van der Waals surface area contributed by atoms with Gasteiger partial charge in [0.15, 0.2) is 0 Å². The van der Waals surface area contributed by atoms with Crippen molar-refractivity contribution in [1.29, 1.82) is 0 Å². The molecule has 2 rings (SSSR count). The highest BCUT2D eigenvalue weighted by Crippen LogP contribution is 2.39. The van der Waals surface area contributed by atoms with Crippen LogP contribution in [0.25, 0.3) is 5.57 Å². The van der Waals surface area contributed by atoms with Crippen molar-refractivity contribution in [2.75, 3.05) is 6.54 Å². The van der Waals surface area contributed by atoms with Gasteiger partial charge in [-0.1, -0.05) is 43.2 Å². The molecule has 1 unspecified atom stereocenters. The first kappa shape index (κ1) is 16.0. The van der Waals surface area contributed by atoms with Gasteiger partial charge in [-0.25, -0.2) is 0 Å². The van der Waals surface area contributed by atoms with Gasteiger partial charge in [-0.3, -0.25) is 0 Å². The van der Waals surface area contributed by atoms with E-state index in [1.54, 1.807) is 0 Å². The lowest BCUT2D eigenvalue weighted by atomic mass is 9.92. The molecule has 1 aromatic carbocycles. The number of unbranched alkanes of at least 4 members (excludes halogenated alkanes) is 1. The lowest BCUT2D eigenvalue weighted by Gasteiger charge is -2.19. The average molecular weight is 283 g/mol. The van der Waals surface area contributed by atoms with E-state index in [2.05, 4.69) is 64.2 Å². The third-order valence-electron chi connectivity index (χ3n) is 4.83. The van der Waals surface area contributed by atoms with Crippen molar-refractivity contribution in [2.45, 2.75) is 59.9 Å². The number of hydrogen-bond donors (Lipinski definition) is 1. The van der Waals surface area contributed by atoms with Crippen molar-refractivity contribution >= 4 is 5.57 Å². The number of allylic oxidation sites excluding steroid dienone is 4. The summed E-state index contributed by atoms with van der Waals surface area (Å²) in [5.41, 5.74) is 8.86. The number of hydrogen-bond acceptors (Lipinski definition) is 1. The second kappa shape index (κ2) is 7.09. The summed E-state index contributed by atoms with van der Waals surface area (Å²) in [6.07, 6.45) is 3.60. The van der Waals surface area contributed by atoms with E-state index >= 15 is 0 Å². The highest BCUT2D eigenvalue weighted by Gasteiger charge is 2.20. The predicted molar refractivity (Wildman–Crippen MR) is 93.4 cm³/mol. The van der Waals surface area contributed by atoms with Gasteiger partial charge in [0.2, 0.25) is 0 Å². The van der Waals surface area contributed by atoms with Crippen LogP contribution in [-0.2, 0) is 0 Å². The van der Waals surface area contributed by atoms with Crippen LogP contribution in [0.4, 0.5) is 0 Å². The van der Waals surface area contributed by atoms with Crippen LogP contribution >= 0.6 is 0 Å². The molecule has 21 heavy (non-hydrogen) atoms. The maximum Gasteiger partial charge on any atom is 0.0297 e. The van der Waals surface area contributed by atoms with E-state index < -0.39 is 0 Å². The molecule has 0 amide bonds. The predicted octanol–water partition coefficient (Wildman–Crippen LogP) is 5.65. The molecule has 0 spiro atoms. The maximum absolute atomic E-state index is 3.66. The highest BCUT2D eigenvalue weighted by molar-refractivity contribution is 5.79. The quantitative estimate of drug-likeness (QED) is 0.665. The molecular formula is C20H29N. The first-order valence-electron chi connectivity index (χ1n) is 8.25. The molecule has 114 valence electrons. The summed E-state index contributed by atoms with van der Waals surface area (Å²) in [5.74, 6) is 0. The van der Waals surface area contributed by atoms with E-state index in [1.165, 1.54) is 46.3 Å². The van der Waals surface area contributed by atoms with Crippen molar-refractivity contribution < 1.29 is 0 Å². The van der Waals surface area contributed by atoms with Gasteiger partial charge in [-0.05, 0) is 74.9 Å². The summed E-state index contributed by atoms with van der Waals surface area (Å²) < 4.78 is 0. The van der Waals surface area contributed by atoms with Crippen molar-refractivity contribution in [3.05, 3.63) is 52.1 Å². The van der Waals surface area contributed by atoms with E-state index in [0.717, 1.165) is 13.0 Å². The van der Waals surface area contributed by atoms with Gasteiger partial charge in [0.05, 0.1) is 0 Å². The Kier molecular flexibility index (Phi) is 5.41. The Morgan fingerprint density at radius 2 is 1.81 bits per heavy atom. The van der Waals surface area contributed by atoms with Gasteiger partial charge < -0.3 is 5.32 Å². The van der Waals surface area contributed by atoms with E-state index in [0.29, 0.717) is 6.04 Å². The Balaban J connectivity index is 2.27. The summed E-state index contributed by atoms with van der Waals surface area (Å²) in [6.45, 7) is 12.4. The van der Waals surface area contributed by atoms with Crippen LogP contribution in [0, 0.1) is 0 Å². The van der Waals surface area contributed by atoms with Crippen molar-refractivity contribution in [3.8, 4) is 0 Å². The second-order valence-corrected chi connectivity index (χ2v) is 6.30. The molecule has 0 bridgehead atoms. The molecule has 0 aromatic heterocycles. The molecule has 0 heterocycles. The molecule has 1 aliphatic rings. The van der Waals surface area contributed by atoms with Crippen molar-refractivity contribution in [1.82, 2.24) is 5.32 Å². The third-order valence-corrected chi connectivity index (χ3v) is 4.83. The van der Waals surface area contributed by atoms with Crippen LogP contribution in [0.1, 0.15) is 71.0 Å². The van der Waals surface area contributed by atoms with E-state index in [9.17, 15) is 0 Å². The topological polar surface area (TPSA) is 12.0 Å². The van der Waals surface area contributed by atoms with Crippen LogP contribution < -0.4 is 5.32 Å². The summed E-state index contributed by atoms with van der Waals surface area (Å²) in [5, 5.41) is 3.66. The third kappa shape index (κ3) is 3.47. The van der Waals surface area contributed by atoms with Gasteiger partial charge in [0, 0.05) is 6.04 Å². The minimum atomic E-state index is 0.411. The normalized spacial score (nSPS) is 16.8. The van der Waals surface area contributed by atoms with Gasteiger partial charge in [0.1, 0.15) is 0 Å². The Bertz CT molecular complexity index is 563. The van der Waals surface area contributed by atoms with Crippen molar-refractivity contribution in [3.63, 3.8) is 0 Å².